The fourth-order valence-electron chi connectivity index (χ4n) is 1.25. The number of carbonyl (C=O) groups is 1. The van der Waals surface area contributed by atoms with Gasteiger partial charge in [0.15, 0.2) is 6.61 Å². The van der Waals surface area contributed by atoms with Gasteiger partial charge < -0.3 is 20.1 Å². The Kier molecular flexibility index (Phi) is 5.67. The van der Waals surface area contributed by atoms with Crippen molar-refractivity contribution in [1.82, 2.24) is 4.72 Å². The lowest BCUT2D eigenvalue weighted by Gasteiger charge is -2.20. The van der Waals surface area contributed by atoms with Crippen molar-refractivity contribution < 1.29 is 33.3 Å². The smallest absolute Gasteiger partial charge is 0.341 e. The highest BCUT2D eigenvalue weighted by molar-refractivity contribution is 7.89. The molecule has 21 heavy (non-hydrogen) atoms. The SMILES string of the molecule is CC(O)(CO)CNS(=O)(=O)c1ccc(OCC(=O)O)cc1. The Labute approximate surface area is 122 Å². The number of carboxylic acid groups (broad SMARTS) is 1. The number of aliphatic hydroxyl groups excluding tert-OH is 1. The van der Waals surface area contributed by atoms with Gasteiger partial charge in [-0.05, 0) is 31.2 Å². The van der Waals surface area contributed by atoms with E-state index in [-0.39, 0.29) is 17.2 Å². The maximum Gasteiger partial charge on any atom is 0.341 e. The van der Waals surface area contributed by atoms with Crippen LogP contribution in [-0.2, 0) is 14.8 Å². The number of hydrogen-bond acceptors (Lipinski definition) is 6. The first kappa shape index (κ1) is 17.4. The van der Waals surface area contributed by atoms with Crippen molar-refractivity contribution in [3.05, 3.63) is 24.3 Å². The van der Waals surface area contributed by atoms with Crippen LogP contribution in [0.2, 0.25) is 0 Å². The second-order valence-corrected chi connectivity index (χ2v) is 6.40. The molecule has 0 aliphatic carbocycles. The van der Waals surface area contributed by atoms with E-state index >= 15 is 0 Å². The van der Waals surface area contributed by atoms with Gasteiger partial charge in [-0.1, -0.05) is 0 Å². The summed E-state index contributed by atoms with van der Waals surface area (Å²) in [6.07, 6.45) is 0. The number of aliphatic hydroxyl groups is 2. The Hall–Kier alpha value is -1.68. The predicted octanol–water partition coefficient (Wildman–Crippen LogP) is -0.828. The molecule has 0 aliphatic heterocycles. The summed E-state index contributed by atoms with van der Waals surface area (Å²) in [5.41, 5.74) is -1.56. The number of hydrogen-bond donors (Lipinski definition) is 4. The highest BCUT2D eigenvalue weighted by Gasteiger charge is 2.23. The molecule has 0 aromatic heterocycles. The standard InChI is InChI=1S/C12H17NO7S/c1-12(17,8-14)7-13-21(18,19)10-4-2-9(3-5-10)20-6-11(15)16/h2-5,13-14,17H,6-8H2,1H3,(H,15,16). The van der Waals surface area contributed by atoms with Crippen LogP contribution in [0, 0.1) is 0 Å². The van der Waals surface area contributed by atoms with Gasteiger partial charge in [-0.25, -0.2) is 17.9 Å². The van der Waals surface area contributed by atoms with Gasteiger partial charge in [0.05, 0.1) is 17.1 Å². The van der Waals surface area contributed by atoms with Crippen molar-refractivity contribution in [1.29, 1.82) is 0 Å². The fourth-order valence-corrected chi connectivity index (χ4v) is 2.41. The largest absolute Gasteiger partial charge is 0.482 e. The molecule has 0 heterocycles. The van der Waals surface area contributed by atoms with Crippen LogP contribution >= 0.6 is 0 Å². The molecule has 0 fully saturated rings. The number of benzene rings is 1. The number of carboxylic acids is 1. The third kappa shape index (κ3) is 5.68. The van der Waals surface area contributed by atoms with Crippen molar-refractivity contribution in [2.24, 2.45) is 0 Å². The zero-order chi connectivity index (χ0) is 16.1. The fraction of sp³-hybridized carbons (Fsp3) is 0.417. The molecular weight excluding hydrogens is 302 g/mol. The van der Waals surface area contributed by atoms with Crippen molar-refractivity contribution in [3.8, 4) is 5.75 Å². The average molecular weight is 319 g/mol. The number of ether oxygens (including phenoxy) is 1. The van der Waals surface area contributed by atoms with Crippen LogP contribution in [0.25, 0.3) is 0 Å². The molecule has 8 nitrogen and oxygen atoms in total. The summed E-state index contributed by atoms with van der Waals surface area (Å²) >= 11 is 0. The number of aliphatic carboxylic acids is 1. The molecule has 1 atom stereocenters. The predicted molar refractivity (Wildman–Crippen MR) is 72.5 cm³/mol. The van der Waals surface area contributed by atoms with E-state index in [1.165, 1.54) is 31.2 Å². The van der Waals surface area contributed by atoms with E-state index < -0.39 is 34.8 Å². The average Bonchev–Trinajstić information content (AvgIpc) is 2.44. The molecule has 0 saturated carbocycles. The van der Waals surface area contributed by atoms with Gasteiger partial charge in [0.1, 0.15) is 5.75 Å². The van der Waals surface area contributed by atoms with Crippen LogP contribution in [0.3, 0.4) is 0 Å². The molecule has 0 aliphatic rings. The minimum absolute atomic E-state index is 0.0704. The summed E-state index contributed by atoms with van der Waals surface area (Å²) in [4.78, 5) is 10.3. The van der Waals surface area contributed by atoms with Gasteiger partial charge in [-0.2, -0.15) is 0 Å². The van der Waals surface area contributed by atoms with Crippen LogP contribution in [0.15, 0.2) is 29.2 Å². The molecule has 1 aromatic carbocycles. The number of nitrogens with one attached hydrogen (secondary N) is 1. The summed E-state index contributed by atoms with van der Waals surface area (Å²) < 4.78 is 30.9. The molecule has 0 amide bonds. The zero-order valence-electron chi connectivity index (χ0n) is 11.3. The molecule has 4 N–H and O–H groups in total. The second-order valence-electron chi connectivity index (χ2n) is 4.63. The monoisotopic (exact) mass is 319 g/mol. The van der Waals surface area contributed by atoms with Gasteiger partial charge in [0, 0.05) is 6.54 Å². The molecule has 1 rings (SSSR count). The van der Waals surface area contributed by atoms with Gasteiger partial charge in [-0.3, -0.25) is 0 Å². The highest BCUT2D eigenvalue weighted by Crippen LogP contribution is 2.16. The highest BCUT2D eigenvalue weighted by atomic mass is 32.2. The van der Waals surface area contributed by atoms with E-state index in [0.29, 0.717) is 0 Å². The van der Waals surface area contributed by atoms with Crippen molar-refractivity contribution in [2.45, 2.75) is 17.4 Å². The quantitative estimate of drug-likeness (QED) is 0.491. The summed E-state index contributed by atoms with van der Waals surface area (Å²) in [5, 5.41) is 26.9. The number of rotatable bonds is 8. The maximum absolute atomic E-state index is 11.9. The zero-order valence-corrected chi connectivity index (χ0v) is 12.1. The molecule has 1 aromatic rings. The Morgan fingerprint density at radius 3 is 2.38 bits per heavy atom. The van der Waals surface area contributed by atoms with E-state index in [1.54, 1.807) is 0 Å². The van der Waals surface area contributed by atoms with Gasteiger partial charge in [-0.15, -0.1) is 0 Å². The van der Waals surface area contributed by atoms with E-state index in [1.807, 2.05) is 0 Å². The summed E-state index contributed by atoms with van der Waals surface area (Å²) in [6.45, 7) is -0.164. The topological polar surface area (TPSA) is 133 Å². The van der Waals surface area contributed by atoms with Crippen molar-refractivity contribution >= 4 is 16.0 Å². The molecule has 9 heteroatoms. The maximum atomic E-state index is 11.9. The lowest BCUT2D eigenvalue weighted by molar-refractivity contribution is -0.139. The van der Waals surface area contributed by atoms with Crippen LogP contribution < -0.4 is 9.46 Å². The Morgan fingerprint density at radius 1 is 1.33 bits per heavy atom. The molecule has 0 spiro atoms. The Balaban J connectivity index is 2.73. The van der Waals surface area contributed by atoms with E-state index in [4.69, 9.17) is 14.9 Å². The first-order valence-corrected chi connectivity index (χ1v) is 7.42. The molecule has 0 bridgehead atoms. The summed E-state index contributed by atoms with van der Waals surface area (Å²) in [5.74, 6) is -0.918. The van der Waals surface area contributed by atoms with Gasteiger partial charge in [0.2, 0.25) is 10.0 Å². The summed E-state index contributed by atoms with van der Waals surface area (Å²) in [7, 11) is -3.84. The minimum Gasteiger partial charge on any atom is -0.482 e. The van der Waals surface area contributed by atoms with E-state index in [0.717, 1.165) is 0 Å². The first-order chi connectivity index (χ1) is 9.66. The van der Waals surface area contributed by atoms with E-state index in [2.05, 4.69) is 4.72 Å². The van der Waals surface area contributed by atoms with E-state index in [9.17, 15) is 18.3 Å². The number of sulfonamides is 1. The first-order valence-electron chi connectivity index (χ1n) is 5.94. The molecule has 0 radical (unpaired) electrons. The van der Waals surface area contributed by atoms with Gasteiger partial charge >= 0.3 is 5.97 Å². The van der Waals surface area contributed by atoms with Crippen LogP contribution in [0.4, 0.5) is 0 Å². The Bertz CT molecular complexity index is 580. The van der Waals surface area contributed by atoms with Crippen molar-refractivity contribution in [3.63, 3.8) is 0 Å². The Morgan fingerprint density at radius 2 is 1.90 bits per heavy atom. The van der Waals surface area contributed by atoms with Crippen LogP contribution in [0.1, 0.15) is 6.92 Å². The molecular formula is C12H17NO7S. The van der Waals surface area contributed by atoms with Crippen molar-refractivity contribution in [2.75, 3.05) is 19.8 Å². The summed E-state index contributed by atoms with van der Waals surface area (Å²) in [6, 6.07) is 5.13. The van der Waals surface area contributed by atoms with Crippen LogP contribution in [0.5, 0.6) is 5.75 Å². The van der Waals surface area contributed by atoms with Gasteiger partial charge in [0.25, 0.3) is 0 Å². The molecule has 0 saturated heterocycles. The lowest BCUT2D eigenvalue weighted by Crippen LogP contribution is -2.43. The minimum atomic E-state index is -3.84. The lowest BCUT2D eigenvalue weighted by atomic mass is 10.1. The second kappa shape index (κ2) is 6.85. The normalized spacial score (nSPS) is 14.4. The van der Waals surface area contributed by atoms with Crippen LogP contribution in [-0.4, -0.2) is 55.1 Å². The third-order valence-corrected chi connectivity index (χ3v) is 3.90. The molecule has 1 unspecified atom stereocenters. The molecule has 118 valence electrons. The third-order valence-electron chi connectivity index (χ3n) is 2.48.